The van der Waals surface area contributed by atoms with E-state index in [1.807, 2.05) is 38.1 Å². The standard InChI is InChI=1S/C27H36ClN3O4S/c1-5-24(27(33)29-23-12-8-9-13-23)30(17-21-11-7-6-10-19(21)2)26(32)18-31(36(4,34)35)25-16-22(28)15-14-20(25)3/h6-7,10-11,14-16,23-24H,5,8-9,12-13,17-18H2,1-4H3,(H,29,33)/t24-/m0/s1. The molecular weight excluding hydrogens is 498 g/mol. The molecule has 2 amide bonds. The number of nitrogens with zero attached hydrogens (tertiary/aromatic N) is 2. The molecule has 0 bridgehead atoms. The SMILES string of the molecule is CC[C@@H](C(=O)NC1CCCC1)N(Cc1ccccc1C)C(=O)CN(c1cc(Cl)ccc1C)S(C)(=O)=O. The summed E-state index contributed by atoms with van der Waals surface area (Å²) in [7, 11) is -3.81. The fourth-order valence-corrected chi connectivity index (χ4v) is 5.77. The number of anilines is 1. The van der Waals surface area contributed by atoms with Gasteiger partial charge in [-0.05, 0) is 61.9 Å². The van der Waals surface area contributed by atoms with Gasteiger partial charge in [-0.25, -0.2) is 8.42 Å². The number of hydrogen-bond acceptors (Lipinski definition) is 4. The topological polar surface area (TPSA) is 86.8 Å². The summed E-state index contributed by atoms with van der Waals surface area (Å²) in [5, 5.41) is 3.49. The van der Waals surface area contributed by atoms with E-state index in [2.05, 4.69) is 5.32 Å². The molecule has 36 heavy (non-hydrogen) atoms. The van der Waals surface area contributed by atoms with Crippen molar-refractivity contribution >= 4 is 39.1 Å². The molecule has 1 fully saturated rings. The van der Waals surface area contributed by atoms with Gasteiger partial charge in [0.15, 0.2) is 0 Å². The van der Waals surface area contributed by atoms with Crippen molar-refractivity contribution in [2.75, 3.05) is 17.1 Å². The molecule has 1 N–H and O–H groups in total. The summed E-state index contributed by atoms with van der Waals surface area (Å²) in [5.74, 6) is -0.646. The summed E-state index contributed by atoms with van der Waals surface area (Å²) in [6.45, 7) is 5.36. The van der Waals surface area contributed by atoms with Gasteiger partial charge < -0.3 is 10.2 Å². The van der Waals surface area contributed by atoms with Gasteiger partial charge in [-0.3, -0.25) is 13.9 Å². The predicted molar refractivity (Wildman–Crippen MR) is 145 cm³/mol. The molecule has 0 unspecified atom stereocenters. The highest BCUT2D eigenvalue weighted by molar-refractivity contribution is 7.92. The fraction of sp³-hybridized carbons (Fsp3) is 0.481. The van der Waals surface area contributed by atoms with Gasteiger partial charge in [0.25, 0.3) is 0 Å². The summed E-state index contributed by atoms with van der Waals surface area (Å²) >= 11 is 6.16. The number of sulfonamides is 1. The molecule has 0 radical (unpaired) electrons. The minimum Gasteiger partial charge on any atom is -0.352 e. The molecule has 7 nitrogen and oxygen atoms in total. The molecule has 0 aliphatic heterocycles. The summed E-state index contributed by atoms with van der Waals surface area (Å²) in [6.07, 6.45) is 5.50. The first kappa shape index (κ1) is 28.0. The van der Waals surface area contributed by atoms with Crippen LogP contribution in [0.5, 0.6) is 0 Å². The van der Waals surface area contributed by atoms with E-state index in [4.69, 9.17) is 11.6 Å². The van der Waals surface area contributed by atoms with E-state index < -0.39 is 28.5 Å². The van der Waals surface area contributed by atoms with Gasteiger partial charge in [0.1, 0.15) is 12.6 Å². The lowest BCUT2D eigenvalue weighted by Crippen LogP contribution is -2.53. The second-order valence-electron chi connectivity index (χ2n) is 9.56. The molecular formula is C27H36ClN3O4S. The molecule has 1 aliphatic rings. The van der Waals surface area contributed by atoms with Crippen molar-refractivity contribution < 1.29 is 18.0 Å². The van der Waals surface area contributed by atoms with Gasteiger partial charge in [0.2, 0.25) is 21.8 Å². The van der Waals surface area contributed by atoms with Gasteiger partial charge in [-0.15, -0.1) is 0 Å². The molecule has 1 aliphatic carbocycles. The van der Waals surface area contributed by atoms with Crippen LogP contribution < -0.4 is 9.62 Å². The van der Waals surface area contributed by atoms with E-state index >= 15 is 0 Å². The lowest BCUT2D eigenvalue weighted by molar-refractivity contribution is -0.140. The zero-order chi connectivity index (χ0) is 26.5. The highest BCUT2D eigenvalue weighted by Gasteiger charge is 2.33. The van der Waals surface area contributed by atoms with Crippen LogP contribution in [-0.4, -0.2) is 50.0 Å². The highest BCUT2D eigenvalue weighted by atomic mass is 35.5. The van der Waals surface area contributed by atoms with Crippen LogP contribution >= 0.6 is 11.6 Å². The lowest BCUT2D eigenvalue weighted by Gasteiger charge is -2.34. The van der Waals surface area contributed by atoms with Gasteiger partial charge in [-0.2, -0.15) is 0 Å². The predicted octanol–water partition coefficient (Wildman–Crippen LogP) is 4.59. The Morgan fingerprint density at radius 3 is 2.36 bits per heavy atom. The first-order valence-electron chi connectivity index (χ1n) is 12.4. The van der Waals surface area contributed by atoms with Crippen LogP contribution in [0, 0.1) is 13.8 Å². The van der Waals surface area contributed by atoms with Crippen LogP contribution in [-0.2, 0) is 26.2 Å². The Morgan fingerprint density at radius 1 is 1.08 bits per heavy atom. The maximum Gasteiger partial charge on any atom is 0.244 e. The molecule has 196 valence electrons. The first-order valence-corrected chi connectivity index (χ1v) is 14.6. The van der Waals surface area contributed by atoms with Gasteiger partial charge in [-0.1, -0.05) is 61.7 Å². The molecule has 2 aromatic carbocycles. The molecule has 9 heteroatoms. The number of halogens is 1. The first-order chi connectivity index (χ1) is 17.0. The van der Waals surface area contributed by atoms with Crippen LogP contribution in [0.1, 0.15) is 55.7 Å². The Labute approximate surface area is 219 Å². The minimum absolute atomic E-state index is 0.114. The Balaban J connectivity index is 1.96. The average molecular weight is 534 g/mol. The molecule has 1 saturated carbocycles. The maximum atomic E-state index is 13.8. The van der Waals surface area contributed by atoms with Crippen molar-refractivity contribution in [2.45, 2.75) is 71.5 Å². The van der Waals surface area contributed by atoms with Crippen LogP contribution in [0.4, 0.5) is 5.69 Å². The Hall–Kier alpha value is -2.58. The molecule has 0 heterocycles. The summed E-state index contributed by atoms with van der Waals surface area (Å²) < 4.78 is 26.7. The number of carbonyl (C=O) groups excluding carboxylic acids is 2. The van der Waals surface area contributed by atoms with Gasteiger partial charge >= 0.3 is 0 Å². The fourth-order valence-electron chi connectivity index (χ4n) is 4.70. The molecule has 2 aromatic rings. The van der Waals surface area contributed by atoms with Crippen molar-refractivity contribution in [3.8, 4) is 0 Å². The number of amides is 2. The van der Waals surface area contributed by atoms with Gasteiger partial charge in [0.05, 0.1) is 11.9 Å². The van der Waals surface area contributed by atoms with E-state index in [0.717, 1.165) is 47.4 Å². The number of aryl methyl sites for hydroxylation is 2. The smallest absolute Gasteiger partial charge is 0.244 e. The van der Waals surface area contributed by atoms with Gasteiger partial charge in [0, 0.05) is 17.6 Å². The number of carbonyl (C=O) groups is 2. The van der Waals surface area contributed by atoms with Crippen molar-refractivity contribution in [3.05, 3.63) is 64.2 Å². The van der Waals surface area contributed by atoms with Crippen molar-refractivity contribution in [1.29, 1.82) is 0 Å². The molecule has 0 aromatic heterocycles. The lowest BCUT2D eigenvalue weighted by atomic mass is 10.1. The third-order valence-corrected chi connectivity index (χ3v) is 8.17. The number of nitrogens with one attached hydrogen (secondary N) is 1. The van der Waals surface area contributed by atoms with Crippen LogP contribution in [0.2, 0.25) is 5.02 Å². The third kappa shape index (κ3) is 7.01. The van der Waals surface area contributed by atoms with Crippen molar-refractivity contribution in [3.63, 3.8) is 0 Å². The number of rotatable bonds is 10. The maximum absolute atomic E-state index is 13.8. The third-order valence-electron chi connectivity index (χ3n) is 6.81. The molecule has 0 saturated heterocycles. The van der Waals surface area contributed by atoms with Crippen molar-refractivity contribution in [2.24, 2.45) is 0 Å². The second kappa shape index (κ2) is 12.1. The quantitative estimate of drug-likeness (QED) is 0.484. The Morgan fingerprint density at radius 2 is 1.75 bits per heavy atom. The van der Waals surface area contributed by atoms with E-state index in [-0.39, 0.29) is 18.5 Å². The summed E-state index contributed by atoms with van der Waals surface area (Å²) in [4.78, 5) is 28.7. The highest BCUT2D eigenvalue weighted by Crippen LogP contribution is 2.27. The largest absolute Gasteiger partial charge is 0.352 e. The summed E-state index contributed by atoms with van der Waals surface area (Å²) in [6, 6.07) is 12.0. The van der Waals surface area contributed by atoms with E-state index in [0.29, 0.717) is 22.7 Å². The van der Waals surface area contributed by atoms with Crippen LogP contribution in [0.15, 0.2) is 42.5 Å². The zero-order valence-corrected chi connectivity index (χ0v) is 23.0. The molecule has 0 spiro atoms. The zero-order valence-electron chi connectivity index (χ0n) is 21.5. The van der Waals surface area contributed by atoms with Crippen LogP contribution in [0.25, 0.3) is 0 Å². The Bertz CT molecular complexity index is 1200. The monoisotopic (exact) mass is 533 g/mol. The molecule has 1 atom stereocenters. The minimum atomic E-state index is -3.81. The Kier molecular flexibility index (Phi) is 9.41. The number of benzene rings is 2. The van der Waals surface area contributed by atoms with Crippen LogP contribution in [0.3, 0.4) is 0 Å². The van der Waals surface area contributed by atoms with E-state index in [9.17, 15) is 18.0 Å². The summed E-state index contributed by atoms with van der Waals surface area (Å²) in [5.41, 5.74) is 2.92. The second-order valence-corrected chi connectivity index (χ2v) is 11.9. The normalized spacial score (nSPS) is 14.9. The van der Waals surface area contributed by atoms with E-state index in [1.165, 1.54) is 4.90 Å². The van der Waals surface area contributed by atoms with Crippen molar-refractivity contribution in [1.82, 2.24) is 10.2 Å². The van der Waals surface area contributed by atoms with E-state index in [1.54, 1.807) is 25.1 Å². The molecule has 3 rings (SSSR count). The average Bonchev–Trinajstić information content (AvgIpc) is 3.32. The number of hydrogen-bond donors (Lipinski definition) is 1.